The van der Waals surface area contributed by atoms with E-state index in [1.54, 1.807) is 6.92 Å². The van der Waals surface area contributed by atoms with Gasteiger partial charge in [0.25, 0.3) is 5.91 Å². The third-order valence-electron chi connectivity index (χ3n) is 7.60. The molecule has 3 atom stereocenters. The summed E-state index contributed by atoms with van der Waals surface area (Å²) >= 11 is 3.53. The number of benzene rings is 1. The SMILES string of the molecule is CCN1CCN(C(=O)NC(C(=O)N[C@]2(NC=O)C(=O)N3C(C(=O)[O-])=C(CSc4nncs4)CS[C@H]32)c2ccc(OC(C)=O)cc2)C(=O)C1=O.[Na+]. The number of carboxylic acids is 1. The van der Waals surface area contributed by atoms with E-state index in [0.29, 0.717) is 14.8 Å². The second kappa shape index (κ2) is 16.3. The van der Waals surface area contributed by atoms with Gasteiger partial charge in [0.2, 0.25) is 18.0 Å². The number of aliphatic carboxylic acids is 1. The first kappa shape index (κ1) is 38.8. The minimum Gasteiger partial charge on any atom is -0.543 e. The number of carboxylic acid groups (broad SMARTS) is 1. The Morgan fingerprint density at radius 2 is 1.88 bits per heavy atom. The zero-order valence-electron chi connectivity index (χ0n) is 26.7. The normalized spacial score (nSPS) is 20.6. The van der Waals surface area contributed by atoms with Gasteiger partial charge in [-0.3, -0.25) is 38.6 Å². The Kier molecular flexibility index (Phi) is 12.7. The van der Waals surface area contributed by atoms with Crippen LogP contribution in [0.2, 0.25) is 0 Å². The van der Waals surface area contributed by atoms with Crippen molar-refractivity contribution in [3.05, 3.63) is 46.6 Å². The van der Waals surface area contributed by atoms with Gasteiger partial charge in [-0.25, -0.2) is 4.79 Å². The number of amides is 7. The summed E-state index contributed by atoms with van der Waals surface area (Å²) in [6.45, 7) is 3.00. The molecular formula is C28H27N8NaO10S3. The zero-order chi connectivity index (χ0) is 35.5. The zero-order valence-corrected chi connectivity index (χ0v) is 31.1. The van der Waals surface area contributed by atoms with Gasteiger partial charge in [-0.2, -0.15) is 0 Å². The number of urea groups is 1. The van der Waals surface area contributed by atoms with Crippen LogP contribution in [0, 0.1) is 0 Å². The van der Waals surface area contributed by atoms with E-state index < -0.39 is 64.4 Å². The van der Waals surface area contributed by atoms with E-state index >= 15 is 0 Å². The number of piperazine rings is 1. The predicted molar refractivity (Wildman–Crippen MR) is 169 cm³/mol. The van der Waals surface area contributed by atoms with Crippen molar-refractivity contribution >= 4 is 82.9 Å². The summed E-state index contributed by atoms with van der Waals surface area (Å²) in [4.78, 5) is 105. The van der Waals surface area contributed by atoms with E-state index in [1.807, 2.05) is 0 Å². The van der Waals surface area contributed by atoms with Gasteiger partial charge < -0.3 is 35.5 Å². The maximum atomic E-state index is 14.0. The molecule has 22 heteroatoms. The molecule has 0 spiro atoms. The predicted octanol–water partition coefficient (Wildman–Crippen LogP) is -4.82. The number of rotatable bonds is 12. The summed E-state index contributed by atoms with van der Waals surface area (Å²) in [5.74, 6) is -5.96. The Balaban J connectivity index is 0.00000562. The third kappa shape index (κ3) is 7.66. The van der Waals surface area contributed by atoms with Crippen LogP contribution >= 0.6 is 34.9 Å². The number of hydrogen-bond acceptors (Lipinski definition) is 15. The number of β-lactam (4-membered cyclic amide) rings is 1. The van der Waals surface area contributed by atoms with Crippen molar-refractivity contribution in [1.82, 2.24) is 40.8 Å². The van der Waals surface area contributed by atoms with Crippen molar-refractivity contribution in [2.75, 3.05) is 31.1 Å². The quantitative estimate of drug-likeness (QED) is 0.0269. The van der Waals surface area contributed by atoms with Crippen molar-refractivity contribution in [2.45, 2.75) is 35.3 Å². The molecule has 4 heterocycles. The molecule has 0 saturated carbocycles. The Bertz CT molecular complexity index is 1740. The average molecular weight is 755 g/mol. The molecule has 258 valence electrons. The van der Waals surface area contributed by atoms with Crippen LogP contribution in [0.5, 0.6) is 5.75 Å². The Morgan fingerprint density at radius 1 is 1.16 bits per heavy atom. The van der Waals surface area contributed by atoms with Crippen LogP contribution in [-0.4, -0.2) is 115 Å². The standard InChI is InChI=1S/C28H28N8O10S3.Na/c1-3-34-8-9-35(22(41)21(34)40)26(45)31-18(15-4-6-17(7-5-15)46-14(2)38)20(39)32-28(29-12-37)24(44)36-19(23(42)43)16(10-47-25(28)36)11-48-27-33-30-13-49-27;/h4-7,12-13,18,25H,3,8-11H2,1-2H3,(H,29,37)(H,31,45)(H,32,39)(H,42,43);/q;+1/p-1/t18?,25-,28+;/m0./s1. The number of carbonyl (C=O) groups is 8. The molecule has 2 saturated heterocycles. The van der Waals surface area contributed by atoms with Crippen molar-refractivity contribution in [1.29, 1.82) is 0 Å². The topological polar surface area (TPSA) is 240 Å². The molecule has 1 aromatic carbocycles. The van der Waals surface area contributed by atoms with Crippen LogP contribution in [-0.2, 0) is 33.6 Å². The Morgan fingerprint density at radius 3 is 2.48 bits per heavy atom. The number of likely N-dealkylation sites (N-methyl/N-ethyl adjacent to an activating group) is 1. The minimum atomic E-state index is -2.15. The number of aromatic nitrogens is 2. The number of esters is 1. The van der Waals surface area contributed by atoms with Crippen LogP contribution in [0.4, 0.5) is 4.79 Å². The van der Waals surface area contributed by atoms with Crippen molar-refractivity contribution in [2.24, 2.45) is 0 Å². The molecule has 1 aromatic heterocycles. The van der Waals surface area contributed by atoms with Gasteiger partial charge in [-0.05, 0) is 30.2 Å². The second-order valence-electron chi connectivity index (χ2n) is 10.5. The molecule has 7 amide bonds. The monoisotopic (exact) mass is 754 g/mol. The van der Waals surface area contributed by atoms with E-state index in [4.69, 9.17) is 4.74 Å². The fraction of sp³-hybridized carbons (Fsp3) is 0.357. The van der Waals surface area contributed by atoms with Crippen molar-refractivity contribution in [3.8, 4) is 5.75 Å². The number of thioether (sulfide) groups is 2. The van der Waals surface area contributed by atoms with Gasteiger partial charge in [0.15, 0.2) is 4.34 Å². The maximum absolute atomic E-state index is 14.0. The molecule has 2 fully saturated rings. The minimum absolute atomic E-state index is 0. The number of nitrogens with one attached hydrogen (secondary N) is 3. The molecule has 0 radical (unpaired) electrons. The Labute approximate surface area is 318 Å². The summed E-state index contributed by atoms with van der Waals surface area (Å²) < 4.78 is 5.61. The summed E-state index contributed by atoms with van der Waals surface area (Å²) in [5.41, 5.74) is -0.608. The third-order valence-corrected chi connectivity index (χ3v) is 10.9. The molecule has 3 N–H and O–H groups in total. The summed E-state index contributed by atoms with van der Waals surface area (Å²) in [5, 5.41) is 26.0. The number of ether oxygens (including phenoxy) is 1. The van der Waals surface area contributed by atoms with Crippen LogP contribution < -0.4 is 55.4 Å². The average Bonchev–Trinajstić information content (AvgIpc) is 3.60. The van der Waals surface area contributed by atoms with E-state index in [-0.39, 0.29) is 78.4 Å². The van der Waals surface area contributed by atoms with Gasteiger partial charge in [-0.15, -0.1) is 22.0 Å². The number of hydrogen-bond donors (Lipinski definition) is 3. The molecule has 0 aliphatic carbocycles. The van der Waals surface area contributed by atoms with Crippen LogP contribution in [0.15, 0.2) is 45.4 Å². The molecule has 3 aliphatic rings. The summed E-state index contributed by atoms with van der Waals surface area (Å²) in [6.07, 6.45) is 0.165. The van der Waals surface area contributed by atoms with Crippen LogP contribution in [0.25, 0.3) is 0 Å². The summed E-state index contributed by atoms with van der Waals surface area (Å²) in [7, 11) is 0. The molecule has 50 heavy (non-hydrogen) atoms. The fourth-order valence-electron chi connectivity index (χ4n) is 5.30. The maximum Gasteiger partial charge on any atom is 1.00 e. The molecule has 18 nitrogen and oxygen atoms in total. The first-order valence-electron chi connectivity index (χ1n) is 14.4. The molecule has 0 bridgehead atoms. The van der Waals surface area contributed by atoms with Gasteiger partial charge in [0.05, 0.1) is 11.7 Å². The van der Waals surface area contributed by atoms with Gasteiger partial charge in [-0.1, -0.05) is 35.2 Å². The molecular weight excluding hydrogens is 728 g/mol. The number of fused-ring (bicyclic) bond motifs is 1. The van der Waals surface area contributed by atoms with Crippen LogP contribution in [0.3, 0.4) is 0 Å². The number of carbonyl (C=O) groups excluding carboxylic acids is 8. The van der Waals surface area contributed by atoms with Gasteiger partial charge in [0.1, 0.15) is 22.7 Å². The molecule has 5 rings (SSSR count). The summed E-state index contributed by atoms with van der Waals surface area (Å²) in [6, 6.07) is 2.62. The van der Waals surface area contributed by atoms with E-state index in [0.717, 1.165) is 16.7 Å². The van der Waals surface area contributed by atoms with E-state index in [9.17, 15) is 43.5 Å². The van der Waals surface area contributed by atoms with Gasteiger partial charge in [0, 0.05) is 38.1 Å². The van der Waals surface area contributed by atoms with E-state index in [1.165, 1.54) is 64.7 Å². The first-order chi connectivity index (χ1) is 23.4. The second-order valence-corrected chi connectivity index (χ2v) is 13.6. The van der Waals surface area contributed by atoms with E-state index in [2.05, 4.69) is 26.1 Å². The van der Waals surface area contributed by atoms with Crippen LogP contribution in [0.1, 0.15) is 25.5 Å². The fourth-order valence-corrected chi connectivity index (χ4v) is 8.36. The van der Waals surface area contributed by atoms with Crippen molar-refractivity contribution in [3.63, 3.8) is 0 Å². The molecule has 3 aliphatic heterocycles. The molecule has 2 aromatic rings. The van der Waals surface area contributed by atoms with Gasteiger partial charge >= 0.3 is 53.4 Å². The Hall–Kier alpha value is -4.02. The first-order valence-corrected chi connectivity index (χ1v) is 17.3. The van der Waals surface area contributed by atoms with Crippen molar-refractivity contribution < 1.29 is 77.8 Å². The number of imide groups is 1. The largest absolute Gasteiger partial charge is 1.00 e. The smallest absolute Gasteiger partial charge is 0.543 e. The molecule has 1 unspecified atom stereocenters. The number of nitrogens with zero attached hydrogens (tertiary/aromatic N) is 5.